The van der Waals surface area contributed by atoms with Crippen LogP contribution in [0.25, 0.3) is 44.5 Å². The molecule has 0 saturated carbocycles. The highest BCUT2D eigenvalue weighted by atomic mass is 16.1. The number of rotatable bonds is 6. The number of hydrogen-bond acceptors (Lipinski definition) is 1. The number of hydrogen-bond donors (Lipinski definition) is 0. The highest BCUT2D eigenvalue weighted by Crippen LogP contribution is 2.38. The van der Waals surface area contributed by atoms with Gasteiger partial charge in [-0.1, -0.05) is 158 Å². The fraction of sp³-hybridized carbons (Fsp3) is 0. The molecule has 0 heterocycles. The lowest BCUT2D eigenvalue weighted by Crippen LogP contribution is -2.06. The van der Waals surface area contributed by atoms with E-state index < -0.39 is 0 Å². The van der Waals surface area contributed by atoms with E-state index in [9.17, 15) is 4.79 Å². The maximum Gasteiger partial charge on any atom is 0.194 e. The van der Waals surface area contributed by atoms with Gasteiger partial charge in [0.2, 0.25) is 0 Å². The van der Waals surface area contributed by atoms with Gasteiger partial charge >= 0.3 is 0 Å². The normalized spacial score (nSPS) is 10.7. The molecule has 180 valence electrons. The number of benzene rings is 6. The zero-order valence-corrected chi connectivity index (χ0v) is 20.9. The highest BCUT2D eigenvalue weighted by molar-refractivity contribution is 6.17. The summed E-state index contributed by atoms with van der Waals surface area (Å²) in [7, 11) is 0. The molecule has 0 unspecified atom stereocenters. The van der Waals surface area contributed by atoms with Gasteiger partial charge in [0.1, 0.15) is 0 Å². The molecule has 0 spiro atoms. The second kappa shape index (κ2) is 10.5. The fourth-order valence-corrected chi connectivity index (χ4v) is 5.15. The first-order valence-corrected chi connectivity index (χ1v) is 12.8. The first kappa shape index (κ1) is 23.4. The molecule has 6 rings (SSSR count). The molecule has 0 atom stereocenters. The molecule has 0 aliphatic rings. The van der Waals surface area contributed by atoms with Crippen molar-refractivity contribution in [1.29, 1.82) is 0 Å². The van der Waals surface area contributed by atoms with Gasteiger partial charge in [0.25, 0.3) is 0 Å². The standard InChI is InChI=1S/C37H26O/c38-37(35-25-13-11-23-33(35)31-21-9-7-19-29(31)27-15-3-1-4-16-27)36-26-14-12-24-34(36)32-22-10-8-20-30(32)28-17-5-2-6-18-28/h1-26H. The first-order chi connectivity index (χ1) is 18.8. The Morgan fingerprint density at radius 1 is 0.289 bits per heavy atom. The Morgan fingerprint density at radius 3 is 0.974 bits per heavy atom. The van der Waals surface area contributed by atoms with Crippen LogP contribution in [0, 0.1) is 0 Å². The van der Waals surface area contributed by atoms with Crippen LogP contribution in [0.1, 0.15) is 15.9 Å². The second-order valence-electron chi connectivity index (χ2n) is 9.24. The largest absolute Gasteiger partial charge is 0.289 e. The van der Waals surface area contributed by atoms with Gasteiger partial charge in [0, 0.05) is 11.1 Å². The third-order valence-corrected chi connectivity index (χ3v) is 6.95. The molecule has 38 heavy (non-hydrogen) atoms. The van der Waals surface area contributed by atoms with E-state index in [0.717, 1.165) is 44.5 Å². The van der Waals surface area contributed by atoms with Gasteiger partial charge in [-0.15, -0.1) is 0 Å². The van der Waals surface area contributed by atoms with Crippen molar-refractivity contribution in [2.45, 2.75) is 0 Å². The van der Waals surface area contributed by atoms with Crippen LogP contribution in [-0.2, 0) is 0 Å². The molecular weight excluding hydrogens is 460 g/mol. The third-order valence-electron chi connectivity index (χ3n) is 6.95. The minimum atomic E-state index is 0.0157. The topological polar surface area (TPSA) is 17.1 Å². The zero-order valence-electron chi connectivity index (χ0n) is 20.9. The molecule has 0 aliphatic carbocycles. The van der Waals surface area contributed by atoms with Crippen LogP contribution < -0.4 is 0 Å². The van der Waals surface area contributed by atoms with Gasteiger partial charge in [-0.25, -0.2) is 0 Å². The molecule has 0 aliphatic heterocycles. The lowest BCUT2D eigenvalue weighted by molar-refractivity contribution is 0.104. The summed E-state index contributed by atoms with van der Waals surface area (Å²) < 4.78 is 0. The van der Waals surface area contributed by atoms with Gasteiger partial charge < -0.3 is 0 Å². The van der Waals surface area contributed by atoms with Crippen molar-refractivity contribution in [1.82, 2.24) is 0 Å². The van der Waals surface area contributed by atoms with Crippen molar-refractivity contribution in [2.24, 2.45) is 0 Å². The van der Waals surface area contributed by atoms with Crippen LogP contribution >= 0.6 is 0 Å². The van der Waals surface area contributed by atoms with E-state index in [1.807, 2.05) is 97.1 Å². The summed E-state index contributed by atoms with van der Waals surface area (Å²) in [4.78, 5) is 14.3. The highest BCUT2D eigenvalue weighted by Gasteiger charge is 2.21. The van der Waals surface area contributed by atoms with Crippen molar-refractivity contribution in [3.8, 4) is 44.5 Å². The molecule has 6 aromatic rings. The van der Waals surface area contributed by atoms with Crippen LogP contribution in [0.3, 0.4) is 0 Å². The Labute approximate surface area is 223 Å². The van der Waals surface area contributed by atoms with Crippen molar-refractivity contribution in [3.05, 3.63) is 169 Å². The molecule has 6 aromatic carbocycles. The number of ketones is 1. The fourth-order valence-electron chi connectivity index (χ4n) is 5.15. The second-order valence-corrected chi connectivity index (χ2v) is 9.24. The van der Waals surface area contributed by atoms with Crippen LogP contribution in [0.5, 0.6) is 0 Å². The summed E-state index contributed by atoms with van der Waals surface area (Å²) in [6, 6.07) is 53.2. The van der Waals surface area contributed by atoms with Crippen molar-refractivity contribution in [3.63, 3.8) is 0 Å². The Hall–Kier alpha value is -5.01. The van der Waals surface area contributed by atoms with E-state index in [0.29, 0.717) is 11.1 Å². The van der Waals surface area contributed by atoms with Gasteiger partial charge in [-0.05, 0) is 44.5 Å². The van der Waals surface area contributed by atoms with Crippen molar-refractivity contribution >= 4 is 5.78 Å². The molecule has 0 aromatic heterocycles. The van der Waals surface area contributed by atoms with E-state index in [1.54, 1.807) is 0 Å². The summed E-state index contributed by atoms with van der Waals surface area (Å²) >= 11 is 0. The summed E-state index contributed by atoms with van der Waals surface area (Å²) in [5.74, 6) is 0.0157. The first-order valence-electron chi connectivity index (χ1n) is 12.8. The maximum atomic E-state index is 14.3. The Morgan fingerprint density at radius 2 is 0.579 bits per heavy atom. The molecule has 0 fully saturated rings. The molecule has 0 N–H and O–H groups in total. The summed E-state index contributed by atoms with van der Waals surface area (Å²) in [5, 5.41) is 0. The Balaban J connectivity index is 1.50. The summed E-state index contributed by atoms with van der Waals surface area (Å²) in [6.07, 6.45) is 0. The molecule has 0 radical (unpaired) electrons. The van der Waals surface area contributed by atoms with Crippen LogP contribution in [-0.4, -0.2) is 5.78 Å². The van der Waals surface area contributed by atoms with E-state index >= 15 is 0 Å². The molecule has 1 heteroatoms. The summed E-state index contributed by atoms with van der Waals surface area (Å²) in [5.41, 5.74) is 9.82. The molecule has 1 nitrogen and oxygen atoms in total. The van der Waals surface area contributed by atoms with Crippen LogP contribution in [0.15, 0.2) is 158 Å². The molecule has 0 saturated heterocycles. The average Bonchev–Trinajstić information content (AvgIpc) is 3.01. The lowest BCUT2D eigenvalue weighted by Gasteiger charge is -2.17. The third kappa shape index (κ3) is 4.47. The molecular formula is C37H26O. The van der Waals surface area contributed by atoms with Crippen LogP contribution in [0.2, 0.25) is 0 Å². The maximum absolute atomic E-state index is 14.3. The van der Waals surface area contributed by atoms with Crippen molar-refractivity contribution in [2.75, 3.05) is 0 Å². The van der Waals surface area contributed by atoms with Gasteiger partial charge in [0.05, 0.1) is 0 Å². The average molecular weight is 487 g/mol. The smallest absolute Gasteiger partial charge is 0.194 e. The van der Waals surface area contributed by atoms with Crippen molar-refractivity contribution < 1.29 is 4.79 Å². The zero-order chi connectivity index (χ0) is 25.7. The quantitative estimate of drug-likeness (QED) is 0.214. The van der Waals surface area contributed by atoms with E-state index in [-0.39, 0.29) is 5.78 Å². The van der Waals surface area contributed by atoms with Gasteiger partial charge in [-0.3, -0.25) is 4.79 Å². The number of carbonyl (C=O) groups excluding carboxylic acids is 1. The van der Waals surface area contributed by atoms with Gasteiger partial charge in [-0.2, -0.15) is 0 Å². The predicted octanol–water partition coefficient (Wildman–Crippen LogP) is 9.59. The lowest BCUT2D eigenvalue weighted by atomic mass is 9.86. The minimum Gasteiger partial charge on any atom is -0.289 e. The molecule has 0 bridgehead atoms. The van der Waals surface area contributed by atoms with E-state index in [4.69, 9.17) is 0 Å². The summed E-state index contributed by atoms with van der Waals surface area (Å²) in [6.45, 7) is 0. The number of carbonyl (C=O) groups is 1. The predicted molar refractivity (Wildman–Crippen MR) is 158 cm³/mol. The minimum absolute atomic E-state index is 0.0157. The van der Waals surface area contributed by atoms with Crippen LogP contribution in [0.4, 0.5) is 0 Å². The van der Waals surface area contributed by atoms with E-state index in [2.05, 4.69) is 60.7 Å². The SMILES string of the molecule is O=C(c1ccccc1-c1ccccc1-c1ccccc1)c1ccccc1-c1ccccc1-c1ccccc1. The van der Waals surface area contributed by atoms with E-state index in [1.165, 1.54) is 0 Å². The molecule has 0 amide bonds. The van der Waals surface area contributed by atoms with Gasteiger partial charge in [0.15, 0.2) is 5.78 Å². The Bertz CT molecular complexity index is 1590. The monoisotopic (exact) mass is 486 g/mol. The Kier molecular flexibility index (Phi) is 6.49.